The summed E-state index contributed by atoms with van der Waals surface area (Å²) in [6.45, 7) is 27.9. The number of morpholine rings is 1. The molecule has 5 rings (SSSR count). The second-order valence-electron chi connectivity index (χ2n) is 17.8. The number of amidine groups is 1. The summed E-state index contributed by atoms with van der Waals surface area (Å²) in [5.74, 6) is 7.79. The van der Waals surface area contributed by atoms with Crippen LogP contribution in [0.1, 0.15) is 113 Å². The largest absolute Gasteiger partial charge is 0.378 e. The number of Topliss-reactive ketones (excluding diaryl/α,β-unsaturated/α-hetero) is 1. The molecule has 65 heavy (non-hydrogen) atoms. The van der Waals surface area contributed by atoms with Gasteiger partial charge in [0.25, 0.3) is 5.91 Å². The highest BCUT2D eigenvalue weighted by Crippen LogP contribution is 2.33. The van der Waals surface area contributed by atoms with Gasteiger partial charge >= 0.3 is 0 Å². The van der Waals surface area contributed by atoms with Gasteiger partial charge in [0.2, 0.25) is 0 Å². The molecule has 1 aliphatic carbocycles. The number of hydrogen-bond acceptors (Lipinski definition) is 9. The number of aliphatic imine (C=N–C) groups is 1. The number of anilines is 2. The van der Waals surface area contributed by atoms with Crippen molar-refractivity contribution in [3.8, 4) is 11.8 Å². The van der Waals surface area contributed by atoms with Crippen LogP contribution in [0, 0.1) is 23.7 Å². The Morgan fingerprint density at radius 1 is 0.908 bits per heavy atom. The molecule has 3 atom stereocenters. The Hall–Kier alpha value is -4.73. The van der Waals surface area contributed by atoms with Crippen molar-refractivity contribution in [2.24, 2.45) is 16.8 Å². The smallest absolute Gasteiger partial charge is 0.251 e. The molecule has 2 heterocycles. The molecule has 0 bridgehead atoms. The molecule has 1 saturated carbocycles. The van der Waals surface area contributed by atoms with E-state index >= 15 is 0 Å². The molecule has 2 aliphatic heterocycles. The second-order valence-corrected chi connectivity index (χ2v) is 17.8. The molecule has 2 saturated heterocycles. The second kappa shape index (κ2) is 27.7. The fourth-order valence-corrected chi connectivity index (χ4v) is 8.13. The van der Waals surface area contributed by atoms with Gasteiger partial charge in [-0.2, -0.15) is 0 Å². The van der Waals surface area contributed by atoms with Crippen LogP contribution >= 0.6 is 0 Å². The van der Waals surface area contributed by atoms with E-state index < -0.39 is 0 Å². The molecule has 3 unspecified atom stereocenters. The zero-order chi connectivity index (χ0) is 46.4. The lowest BCUT2D eigenvalue weighted by Crippen LogP contribution is -2.47. The van der Waals surface area contributed by atoms with Gasteiger partial charge in [-0.25, -0.2) is 4.99 Å². The van der Waals surface area contributed by atoms with E-state index in [-0.39, 0.29) is 30.3 Å². The number of allylic oxidation sites excluding steroid dienone is 3. The maximum Gasteiger partial charge on any atom is 0.251 e. The van der Waals surface area contributed by atoms with Crippen molar-refractivity contribution in [2.75, 3.05) is 108 Å². The first-order chi connectivity index (χ1) is 31.6. The van der Waals surface area contributed by atoms with Crippen LogP contribution in [0.25, 0.3) is 6.08 Å². The predicted molar refractivity (Wildman–Crippen MR) is 268 cm³/mol. The van der Waals surface area contributed by atoms with E-state index in [9.17, 15) is 9.59 Å². The van der Waals surface area contributed by atoms with E-state index in [2.05, 4.69) is 89.2 Å². The number of nitrogens with zero attached hydrogens (tertiary/aromatic N) is 5. The highest BCUT2D eigenvalue weighted by Gasteiger charge is 2.23. The van der Waals surface area contributed by atoms with Gasteiger partial charge in [0.15, 0.2) is 11.6 Å². The molecule has 3 aliphatic rings. The zero-order valence-electron chi connectivity index (χ0n) is 40.5. The number of ether oxygens (including phenoxy) is 3. The van der Waals surface area contributed by atoms with Crippen molar-refractivity contribution in [2.45, 2.75) is 92.5 Å². The number of rotatable bonds is 25. The van der Waals surface area contributed by atoms with Crippen LogP contribution in [0.3, 0.4) is 0 Å². The summed E-state index contributed by atoms with van der Waals surface area (Å²) in [7, 11) is 0. The number of carbonyl (C=O) groups excluding carboxylic acids is 2. The maximum absolute atomic E-state index is 13.4. The molecule has 0 aromatic heterocycles. The molecular weight excluding hydrogens is 813 g/mol. The SMILES string of the molecule is C=C/C=C(\N=C(C#CCOCCOCCN1CCN(c2ccc(C(=O)C(C)CC)c(C=C3CC3)c2)CC1)N(CC)CC(C)CCCCC)C(C)NC(=O)c1ccc(N2CCOCC2)cc1. The van der Waals surface area contributed by atoms with Crippen LogP contribution in [-0.2, 0) is 14.2 Å². The average molecular weight is 891 g/mol. The van der Waals surface area contributed by atoms with Crippen molar-refractivity contribution < 1.29 is 23.8 Å². The molecule has 354 valence electrons. The van der Waals surface area contributed by atoms with Crippen LogP contribution in [-0.4, -0.2) is 132 Å². The third kappa shape index (κ3) is 16.9. The average Bonchev–Trinajstić information content (AvgIpc) is 4.16. The monoisotopic (exact) mass is 891 g/mol. The quantitative estimate of drug-likeness (QED) is 0.0262. The van der Waals surface area contributed by atoms with Crippen LogP contribution in [0.2, 0.25) is 0 Å². The Morgan fingerprint density at radius 2 is 1.62 bits per heavy atom. The molecule has 1 N–H and O–H groups in total. The predicted octanol–water partition coefficient (Wildman–Crippen LogP) is 8.91. The van der Waals surface area contributed by atoms with Crippen LogP contribution < -0.4 is 15.1 Å². The van der Waals surface area contributed by atoms with Gasteiger partial charge in [-0.15, -0.1) is 0 Å². The van der Waals surface area contributed by atoms with Gasteiger partial charge in [-0.3, -0.25) is 14.5 Å². The first-order valence-corrected chi connectivity index (χ1v) is 24.5. The summed E-state index contributed by atoms with van der Waals surface area (Å²) in [5.41, 5.74) is 6.92. The summed E-state index contributed by atoms with van der Waals surface area (Å²) in [4.78, 5) is 41.0. The number of hydrogen-bond donors (Lipinski definition) is 1. The number of nitrogens with one attached hydrogen (secondary N) is 1. The molecule has 11 heteroatoms. The van der Waals surface area contributed by atoms with Crippen LogP contribution in [0.4, 0.5) is 11.4 Å². The summed E-state index contributed by atoms with van der Waals surface area (Å²) >= 11 is 0. The minimum absolute atomic E-state index is 0.0339. The first-order valence-electron chi connectivity index (χ1n) is 24.5. The van der Waals surface area contributed by atoms with Crippen molar-refractivity contribution in [1.29, 1.82) is 0 Å². The third-order valence-electron chi connectivity index (χ3n) is 12.6. The number of benzene rings is 2. The molecule has 2 aromatic carbocycles. The number of amides is 1. The molecule has 1 amide bonds. The number of unbranched alkanes of at least 4 members (excludes halogenated alkanes) is 2. The maximum atomic E-state index is 13.4. The van der Waals surface area contributed by atoms with Crippen molar-refractivity contribution in [1.82, 2.24) is 15.1 Å². The Labute approximate surface area is 391 Å². The van der Waals surface area contributed by atoms with E-state index in [1.807, 2.05) is 50.3 Å². The van der Waals surface area contributed by atoms with E-state index in [1.165, 1.54) is 30.5 Å². The fourth-order valence-electron chi connectivity index (χ4n) is 8.13. The van der Waals surface area contributed by atoms with Gasteiger partial charge in [0, 0.05) is 87.3 Å². The van der Waals surface area contributed by atoms with Gasteiger partial charge in [0.1, 0.15) is 6.61 Å². The molecule has 11 nitrogen and oxygen atoms in total. The van der Waals surface area contributed by atoms with Gasteiger partial charge < -0.3 is 34.2 Å². The third-order valence-corrected chi connectivity index (χ3v) is 12.6. The first kappa shape index (κ1) is 51.3. The normalized spacial score (nSPS) is 17.2. The molecular formula is C54H78N6O5. The highest BCUT2D eigenvalue weighted by atomic mass is 16.5. The van der Waals surface area contributed by atoms with E-state index in [0.29, 0.717) is 56.0 Å². The summed E-state index contributed by atoms with van der Waals surface area (Å²) in [5, 5.41) is 3.15. The summed E-state index contributed by atoms with van der Waals surface area (Å²) in [6, 6.07) is 13.8. The van der Waals surface area contributed by atoms with E-state index in [4.69, 9.17) is 19.2 Å². The molecule has 0 spiro atoms. The summed E-state index contributed by atoms with van der Waals surface area (Å²) < 4.78 is 17.4. The highest BCUT2D eigenvalue weighted by molar-refractivity contribution is 6.01. The number of carbonyl (C=O) groups is 2. The van der Waals surface area contributed by atoms with Crippen LogP contribution in [0.5, 0.6) is 0 Å². The lowest BCUT2D eigenvalue weighted by molar-refractivity contribution is 0.0480. The molecule has 0 radical (unpaired) electrons. The lowest BCUT2D eigenvalue weighted by atomic mass is 9.92. The molecule has 3 fully saturated rings. The number of ketones is 1. The van der Waals surface area contributed by atoms with E-state index in [1.54, 1.807) is 6.08 Å². The zero-order valence-corrected chi connectivity index (χ0v) is 40.5. The Balaban J connectivity index is 1.10. The van der Waals surface area contributed by atoms with Crippen molar-refractivity contribution >= 4 is 35.0 Å². The Bertz CT molecular complexity index is 1960. The Morgan fingerprint density at radius 3 is 2.29 bits per heavy atom. The minimum atomic E-state index is -0.387. The van der Waals surface area contributed by atoms with Gasteiger partial charge in [-0.1, -0.05) is 77.2 Å². The topological polar surface area (TPSA) is 99.2 Å². The number of piperazine rings is 1. The molecule has 2 aromatic rings. The van der Waals surface area contributed by atoms with Crippen molar-refractivity contribution in [3.05, 3.63) is 89.2 Å². The Kier molecular flexibility index (Phi) is 21.8. The summed E-state index contributed by atoms with van der Waals surface area (Å²) in [6.07, 6.45) is 13.7. The fraction of sp³-hybridized carbons (Fsp3) is 0.574. The minimum Gasteiger partial charge on any atom is -0.378 e. The lowest BCUT2D eigenvalue weighted by Gasteiger charge is -2.36. The standard InChI is InChI=1S/C54H78N6O5/c1-8-12-13-16-42(5)41-58(11-4)52(56-51(15-9-2)44(7)55-54(62)46-20-22-48(23-21-46)60-31-35-64-36-32-60)17-14-33-63-37-38-65-34-30-57-26-28-59(29-27-57)49-24-25-50(53(61)43(6)10-3)47(40-49)39-45-18-19-45/h9,15,20-25,39-40,42-44H,2,8,10-13,16,18-19,26-38,41H2,1,3-7H3,(H,55,62)/b51-15-,56-52?. The van der Waals surface area contributed by atoms with Gasteiger partial charge in [0.05, 0.1) is 44.8 Å². The van der Waals surface area contributed by atoms with E-state index in [0.717, 1.165) is 101 Å². The van der Waals surface area contributed by atoms with Gasteiger partial charge in [-0.05, 0) is 105 Å². The van der Waals surface area contributed by atoms with Crippen molar-refractivity contribution in [3.63, 3.8) is 0 Å². The van der Waals surface area contributed by atoms with Crippen LogP contribution in [0.15, 0.2) is 77.5 Å².